The summed E-state index contributed by atoms with van der Waals surface area (Å²) in [7, 11) is 0. The van der Waals surface area contributed by atoms with Crippen LogP contribution in [0.3, 0.4) is 0 Å². The van der Waals surface area contributed by atoms with Crippen LogP contribution >= 0.6 is 0 Å². The highest BCUT2D eigenvalue weighted by Gasteiger charge is 2.34. The number of tetrazole rings is 1. The van der Waals surface area contributed by atoms with E-state index in [9.17, 15) is 4.79 Å². The molecule has 1 atom stereocenters. The van der Waals surface area contributed by atoms with Crippen LogP contribution in [0.25, 0.3) is 10.9 Å². The fraction of sp³-hybridized carbons (Fsp3) is 0.565. The van der Waals surface area contributed by atoms with Crippen molar-refractivity contribution in [2.45, 2.75) is 71.9 Å². The van der Waals surface area contributed by atoms with E-state index in [1.165, 1.54) is 12.0 Å². The predicted octanol–water partition coefficient (Wildman–Crippen LogP) is 3.85. The van der Waals surface area contributed by atoms with Gasteiger partial charge in [-0.05, 0) is 93.1 Å². The molecule has 3 heterocycles. The Morgan fingerprint density at radius 1 is 1.17 bits per heavy atom. The zero-order valence-corrected chi connectivity index (χ0v) is 18.7. The molecule has 0 spiro atoms. The third kappa shape index (κ3) is 3.55. The molecule has 7 heteroatoms. The molecular weight excluding hydrogens is 376 g/mol. The van der Waals surface area contributed by atoms with Gasteiger partial charge < -0.3 is 4.98 Å². The number of likely N-dealkylation sites (tertiary alicyclic amines) is 1. The van der Waals surface area contributed by atoms with Crippen LogP contribution < -0.4 is 5.56 Å². The molecule has 0 aliphatic carbocycles. The van der Waals surface area contributed by atoms with Gasteiger partial charge in [0.05, 0.1) is 11.1 Å². The summed E-state index contributed by atoms with van der Waals surface area (Å²) in [5, 5.41) is 13.8. The Bertz CT molecular complexity index is 1110. The molecule has 1 saturated heterocycles. The SMILES string of the molecule is CCC(C)(C)n1nnnc1C(c1cc2ccc(C)c(C)c2[nH]c1=O)N1CCCCC1. The molecule has 30 heavy (non-hydrogen) atoms. The van der Waals surface area contributed by atoms with E-state index in [1.54, 1.807) is 0 Å². The maximum Gasteiger partial charge on any atom is 0.253 e. The van der Waals surface area contributed by atoms with Crippen molar-refractivity contribution >= 4 is 10.9 Å². The maximum atomic E-state index is 13.3. The summed E-state index contributed by atoms with van der Waals surface area (Å²) >= 11 is 0. The lowest BCUT2D eigenvalue weighted by Gasteiger charge is -2.35. The number of hydrogen-bond donors (Lipinski definition) is 1. The molecule has 1 aromatic carbocycles. The van der Waals surface area contributed by atoms with E-state index in [-0.39, 0.29) is 17.1 Å². The van der Waals surface area contributed by atoms with Crippen LogP contribution in [0, 0.1) is 13.8 Å². The zero-order valence-electron chi connectivity index (χ0n) is 18.7. The van der Waals surface area contributed by atoms with Crippen molar-refractivity contribution in [3.05, 3.63) is 51.1 Å². The Hall–Kier alpha value is -2.54. The molecule has 1 aliphatic rings. The first kappa shape index (κ1) is 20.7. The van der Waals surface area contributed by atoms with E-state index < -0.39 is 0 Å². The number of H-pyrrole nitrogens is 1. The summed E-state index contributed by atoms with van der Waals surface area (Å²) < 4.78 is 1.91. The first-order chi connectivity index (χ1) is 14.3. The normalized spacial score (nSPS) is 16.8. The van der Waals surface area contributed by atoms with Crippen molar-refractivity contribution in [1.82, 2.24) is 30.1 Å². The minimum absolute atomic E-state index is 0.0596. The van der Waals surface area contributed by atoms with Crippen LogP contribution in [-0.4, -0.2) is 43.2 Å². The van der Waals surface area contributed by atoms with Crippen molar-refractivity contribution in [2.24, 2.45) is 0 Å². The third-order valence-corrected chi connectivity index (χ3v) is 6.81. The fourth-order valence-electron chi connectivity index (χ4n) is 4.37. The number of aromatic amines is 1. The fourth-order valence-corrected chi connectivity index (χ4v) is 4.37. The number of piperidine rings is 1. The van der Waals surface area contributed by atoms with Crippen LogP contribution in [0.4, 0.5) is 0 Å². The number of aryl methyl sites for hydroxylation is 2. The standard InChI is InChI=1S/C23H32N6O/c1-6-23(4,5)29-21(25-26-27-29)20(28-12-8-7-9-13-28)18-14-17-11-10-15(2)16(3)19(17)24-22(18)30/h10-11,14,20H,6-9,12-13H2,1-5H3,(H,24,30). The van der Waals surface area contributed by atoms with Crippen molar-refractivity contribution in [3.8, 4) is 0 Å². The van der Waals surface area contributed by atoms with Gasteiger partial charge in [0.2, 0.25) is 0 Å². The molecule has 0 saturated carbocycles. The van der Waals surface area contributed by atoms with Gasteiger partial charge in [-0.2, -0.15) is 0 Å². The Kier molecular flexibility index (Phi) is 5.49. The predicted molar refractivity (Wildman–Crippen MR) is 119 cm³/mol. The van der Waals surface area contributed by atoms with Crippen LogP contribution in [0.2, 0.25) is 0 Å². The Morgan fingerprint density at radius 3 is 2.60 bits per heavy atom. The van der Waals surface area contributed by atoms with Gasteiger partial charge in [0.25, 0.3) is 5.56 Å². The summed E-state index contributed by atoms with van der Waals surface area (Å²) in [5.74, 6) is 0.748. The molecule has 7 nitrogen and oxygen atoms in total. The van der Waals surface area contributed by atoms with Crippen LogP contribution in [0.15, 0.2) is 23.0 Å². The minimum Gasteiger partial charge on any atom is -0.321 e. The molecule has 1 aliphatic heterocycles. The average molecular weight is 409 g/mol. The molecule has 0 radical (unpaired) electrons. The second-order valence-electron chi connectivity index (χ2n) is 9.14. The first-order valence-electron chi connectivity index (χ1n) is 11.0. The first-order valence-corrected chi connectivity index (χ1v) is 11.0. The van der Waals surface area contributed by atoms with E-state index in [4.69, 9.17) is 0 Å². The topological polar surface area (TPSA) is 79.7 Å². The van der Waals surface area contributed by atoms with Gasteiger partial charge in [0.1, 0.15) is 6.04 Å². The monoisotopic (exact) mass is 408 g/mol. The van der Waals surface area contributed by atoms with E-state index in [1.807, 2.05) is 10.7 Å². The lowest BCUT2D eigenvalue weighted by Crippen LogP contribution is -2.40. The number of hydrogen-bond acceptors (Lipinski definition) is 5. The van der Waals surface area contributed by atoms with E-state index in [0.717, 1.165) is 60.2 Å². The van der Waals surface area contributed by atoms with Crippen molar-refractivity contribution < 1.29 is 0 Å². The molecule has 2 aromatic heterocycles. The maximum absolute atomic E-state index is 13.3. The van der Waals surface area contributed by atoms with Crippen LogP contribution in [0.5, 0.6) is 0 Å². The van der Waals surface area contributed by atoms with Gasteiger partial charge in [0, 0.05) is 5.56 Å². The van der Waals surface area contributed by atoms with Gasteiger partial charge in [-0.1, -0.05) is 25.5 Å². The second kappa shape index (κ2) is 7.95. The number of nitrogens with zero attached hydrogens (tertiary/aromatic N) is 5. The van der Waals surface area contributed by atoms with Crippen LogP contribution in [0.1, 0.15) is 75.0 Å². The van der Waals surface area contributed by atoms with Crippen LogP contribution in [-0.2, 0) is 5.54 Å². The van der Waals surface area contributed by atoms with Gasteiger partial charge in [-0.25, -0.2) is 4.68 Å². The minimum atomic E-state index is -0.263. The lowest BCUT2D eigenvalue weighted by atomic mass is 9.97. The van der Waals surface area contributed by atoms with Gasteiger partial charge >= 0.3 is 0 Å². The third-order valence-electron chi connectivity index (χ3n) is 6.81. The van der Waals surface area contributed by atoms with E-state index in [0.29, 0.717) is 0 Å². The average Bonchev–Trinajstić information content (AvgIpc) is 3.23. The number of aromatic nitrogens is 5. The summed E-state index contributed by atoms with van der Waals surface area (Å²) in [6.45, 7) is 12.4. The lowest BCUT2D eigenvalue weighted by molar-refractivity contribution is 0.167. The molecule has 1 N–H and O–H groups in total. The van der Waals surface area contributed by atoms with Gasteiger partial charge in [0.15, 0.2) is 5.82 Å². The number of fused-ring (bicyclic) bond motifs is 1. The zero-order chi connectivity index (χ0) is 21.5. The molecule has 1 unspecified atom stereocenters. The molecule has 160 valence electrons. The molecule has 3 aromatic rings. The van der Waals surface area contributed by atoms with Gasteiger partial charge in [-0.3, -0.25) is 9.69 Å². The van der Waals surface area contributed by atoms with Crippen molar-refractivity contribution in [3.63, 3.8) is 0 Å². The quantitative estimate of drug-likeness (QED) is 0.694. The summed E-state index contributed by atoms with van der Waals surface area (Å²) in [6, 6.07) is 5.97. The van der Waals surface area contributed by atoms with E-state index in [2.05, 4.69) is 72.2 Å². The Balaban J connectivity index is 1.92. The number of nitrogens with one attached hydrogen (secondary N) is 1. The Labute approximate surface area is 177 Å². The highest BCUT2D eigenvalue weighted by atomic mass is 16.1. The summed E-state index contributed by atoms with van der Waals surface area (Å²) in [6.07, 6.45) is 4.36. The highest BCUT2D eigenvalue weighted by Crippen LogP contribution is 2.32. The number of benzene rings is 1. The van der Waals surface area contributed by atoms with Crippen molar-refractivity contribution in [2.75, 3.05) is 13.1 Å². The largest absolute Gasteiger partial charge is 0.321 e. The highest BCUT2D eigenvalue weighted by molar-refractivity contribution is 5.83. The van der Waals surface area contributed by atoms with E-state index >= 15 is 0 Å². The Morgan fingerprint density at radius 2 is 1.90 bits per heavy atom. The number of rotatable bonds is 5. The van der Waals surface area contributed by atoms with Crippen molar-refractivity contribution in [1.29, 1.82) is 0 Å². The second-order valence-corrected chi connectivity index (χ2v) is 9.14. The molecule has 4 rings (SSSR count). The molecular formula is C23H32N6O. The summed E-state index contributed by atoms with van der Waals surface area (Å²) in [4.78, 5) is 18.9. The molecule has 1 fully saturated rings. The summed E-state index contributed by atoms with van der Waals surface area (Å²) in [5.41, 5.74) is 3.63. The number of pyridine rings is 1. The smallest absolute Gasteiger partial charge is 0.253 e. The van der Waals surface area contributed by atoms with Gasteiger partial charge in [-0.15, -0.1) is 5.10 Å². The molecule has 0 bridgehead atoms. The molecule has 0 amide bonds.